The molecule has 1 N–H and O–H groups in total. The first-order valence-electron chi connectivity index (χ1n) is 7.90. The van der Waals surface area contributed by atoms with Crippen molar-refractivity contribution in [1.29, 1.82) is 0 Å². The van der Waals surface area contributed by atoms with Crippen molar-refractivity contribution in [2.75, 3.05) is 26.1 Å². The maximum atomic E-state index is 12.5. The van der Waals surface area contributed by atoms with Gasteiger partial charge in [0.1, 0.15) is 6.61 Å². The van der Waals surface area contributed by atoms with E-state index in [4.69, 9.17) is 18.9 Å². The van der Waals surface area contributed by atoms with E-state index in [0.29, 0.717) is 33.6 Å². The maximum absolute atomic E-state index is 12.5. The van der Waals surface area contributed by atoms with Crippen LogP contribution < -0.4 is 24.3 Å². The lowest BCUT2D eigenvalue weighted by molar-refractivity contribution is -0.125. The predicted octanol–water partition coefficient (Wildman–Crippen LogP) is 3.09. The molecule has 3 aromatic rings. The third-order valence-electron chi connectivity index (χ3n) is 3.92. The number of rotatable bonds is 4. The van der Waals surface area contributed by atoms with Crippen LogP contribution in [0.4, 0.5) is 5.13 Å². The summed E-state index contributed by atoms with van der Waals surface area (Å²) in [5.74, 6) is 2.08. The van der Waals surface area contributed by atoms with Crippen molar-refractivity contribution in [3.05, 3.63) is 36.4 Å². The summed E-state index contributed by atoms with van der Waals surface area (Å²) in [6.45, 7) is 0.148. The molecule has 1 aromatic heterocycles. The fraction of sp³-hybridized carbons (Fsp3) is 0.222. The van der Waals surface area contributed by atoms with Crippen molar-refractivity contribution in [2.24, 2.45) is 0 Å². The van der Waals surface area contributed by atoms with Crippen LogP contribution in [-0.2, 0) is 4.79 Å². The number of amides is 1. The molecule has 1 atom stereocenters. The largest absolute Gasteiger partial charge is 0.493 e. The number of nitrogens with zero attached hydrogens (tertiary/aromatic N) is 1. The number of ether oxygens (including phenoxy) is 4. The topological polar surface area (TPSA) is 78.9 Å². The van der Waals surface area contributed by atoms with Crippen LogP contribution in [0.1, 0.15) is 0 Å². The van der Waals surface area contributed by atoms with Crippen LogP contribution in [0.5, 0.6) is 23.0 Å². The summed E-state index contributed by atoms with van der Waals surface area (Å²) in [5.41, 5.74) is 0.717. The quantitative estimate of drug-likeness (QED) is 0.758. The Hall–Kier alpha value is -3.00. The zero-order valence-electron chi connectivity index (χ0n) is 14.1. The Bertz CT molecular complexity index is 930. The Labute approximate surface area is 153 Å². The zero-order valence-corrected chi connectivity index (χ0v) is 15.0. The highest BCUT2D eigenvalue weighted by atomic mass is 32.1. The summed E-state index contributed by atoms with van der Waals surface area (Å²) < 4.78 is 22.7. The summed E-state index contributed by atoms with van der Waals surface area (Å²) in [7, 11) is 3.14. The number of hydrogen-bond donors (Lipinski definition) is 1. The Morgan fingerprint density at radius 3 is 2.69 bits per heavy atom. The van der Waals surface area contributed by atoms with Gasteiger partial charge in [-0.05, 0) is 12.1 Å². The minimum absolute atomic E-state index is 0.148. The maximum Gasteiger partial charge on any atom is 0.270 e. The molecular weight excluding hydrogens is 356 g/mol. The van der Waals surface area contributed by atoms with E-state index in [1.807, 2.05) is 18.2 Å². The fourth-order valence-electron chi connectivity index (χ4n) is 2.64. The van der Waals surface area contributed by atoms with Crippen LogP contribution in [0.25, 0.3) is 10.2 Å². The predicted molar refractivity (Wildman–Crippen MR) is 97.7 cm³/mol. The van der Waals surface area contributed by atoms with Gasteiger partial charge >= 0.3 is 0 Å². The summed E-state index contributed by atoms with van der Waals surface area (Å²) in [4.78, 5) is 16.9. The monoisotopic (exact) mass is 372 g/mol. The van der Waals surface area contributed by atoms with Crippen molar-refractivity contribution < 1.29 is 23.7 Å². The van der Waals surface area contributed by atoms with Crippen molar-refractivity contribution in [3.8, 4) is 23.0 Å². The molecule has 1 aliphatic rings. The van der Waals surface area contributed by atoms with Gasteiger partial charge in [0.15, 0.2) is 28.1 Å². The molecule has 0 spiro atoms. The molecule has 0 saturated heterocycles. The number of hydrogen-bond acceptors (Lipinski definition) is 7. The molecule has 0 aliphatic carbocycles. The van der Waals surface area contributed by atoms with Gasteiger partial charge in [0.25, 0.3) is 5.91 Å². The molecule has 7 nitrogen and oxygen atoms in total. The SMILES string of the molecule is COc1cc2nc(NC(=O)[C@@H]3COc4ccccc4O3)sc2cc1OC. The molecule has 0 radical (unpaired) electrons. The second kappa shape index (κ2) is 6.72. The molecule has 0 fully saturated rings. The van der Waals surface area contributed by atoms with Gasteiger partial charge in [-0.25, -0.2) is 4.98 Å². The van der Waals surface area contributed by atoms with Gasteiger partial charge in [0, 0.05) is 12.1 Å². The molecule has 4 rings (SSSR count). The zero-order chi connectivity index (χ0) is 18.1. The van der Waals surface area contributed by atoms with E-state index in [0.717, 1.165) is 4.70 Å². The first-order valence-corrected chi connectivity index (χ1v) is 8.71. The normalized spacial score (nSPS) is 15.5. The van der Waals surface area contributed by atoms with Gasteiger partial charge in [-0.15, -0.1) is 0 Å². The summed E-state index contributed by atoms with van der Waals surface area (Å²) in [6, 6.07) is 10.9. The third-order valence-corrected chi connectivity index (χ3v) is 4.86. The minimum atomic E-state index is -0.735. The molecule has 0 bridgehead atoms. The molecule has 134 valence electrons. The van der Waals surface area contributed by atoms with Gasteiger partial charge in [-0.2, -0.15) is 0 Å². The van der Waals surface area contributed by atoms with Crippen molar-refractivity contribution in [3.63, 3.8) is 0 Å². The Balaban J connectivity index is 1.53. The van der Waals surface area contributed by atoms with Crippen LogP contribution in [0.15, 0.2) is 36.4 Å². The lowest BCUT2D eigenvalue weighted by atomic mass is 10.2. The smallest absolute Gasteiger partial charge is 0.270 e. The van der Waals surface area contributed by atoms with Crippen molar-refractivity contribution >= 4 is 32.6 Å². The number of thiazole rings is 1. The van der Waals surface area contributed by atoms with E-state index >= 15 is 0 Å². The van der Waals surface area contributed by atoms with Crippen LogP contribution in [0, 0.1) is 0 Å². The second-order valence-corrected chi connectivity index (χ2v) is 6.58. The van der Waals surface area contributed by atoms with Gasteiger partial charge < -0.3 is 18.9 Å². The fourth-order valence-corrected chi connectivity index (χ4v) is 3.52. The third kappa shape index (κ3) is 2.99. The second-order valence-electron chi connectivity index (χ2n) is 5.55. The van der Waals surface area contributed by atoms with Gasteiger partial charge in [0.2, 0.25) is 6.10 Å². The molecule has 2 aromatic carbocycles. The van der Waals surface area contributed by atoms with E-state index in [-0.39, 0.29) is 12.5 Å². The molecule has 0 saturated carbocycles. The molecule has 0 unspecified atom stereocenters. The average molecular weight is 372 g/mol. The van der Waals surface area contributed by atoms with E-state index in [9.17, 15) is 4.79 Å². The highest BCUT2D eigenvalue weighted by Crippen LogP contribution is 2.36. The molecular formula is C18H16N2O5S. The van der Waals surface area contributed by atoms with Gasteiger partial charge in [0.05, 0.1) is 24.4 Å². The highest BCUT2D eigenvalue weighted by Gasteiger charge is 2.28. The molecule has 26 heavy (non-hydrogen) atoms. The first-order chi connectivity index (χ1) is 12.7. The van der Waals surface area contributed by atoms with Gasteiger partial charge in [-0.1, -0.05) is 23.5 Å². The Morgan fingerprint density at radius 1 is 1.19 bits per heavy atom. The Morgan fingerprint density at radius 2 is 1.92 bits per heavy atom. The van der Waals surface area contributed by atoms with Crippen molar-refractivity contribution in [1.82, 2.24) is 4.98 Å². The summed E-state index contributed by atoms with van der Waals surface area (Å²) >= 11 is 1.35. The van der Waals surface area contributed by atoms with Crippen LogP contribution in [0.2, 0.25) is 0 Å². The standard InChI is InChI=1S/C18H16N2O5S/c1-22-13-7-10-16(8-14(13)23-2)26-18(19-10)20-17(21)15-9-24-11-5-3-4-6-12(11)25-15/h3-8,15H,9H2,1-2H3,(H,19,20,21)/t15-/m0/s1. The lowest BCUT2D eigenvalue weighted by Gasteiger charge is -2.25. The average Bonchev–Trinajstić information content (AvgIpc) is 3.07. The van der Waals surface area contributed by atoms with E-state index in [2.05, 4.69) is 10.3 Å². The van der Waals surface area contributed by atoms with Crippen molar-refractivity contribution in [2.45, 2.75) is 6.10 Å². The number of aromatic nitrogens is 1. The number of carbonyl (C=O) groups is 1. The first kappa shape index (κ1) is 16.5. The number of methoxy groups -OCH3 is 2. The van der Waals surface area contributed by atoms with Crippen LogP contribution >= 0.6 is 11.3 Å². The van der Waals surface area contributed by atoms with Crippen LogP contribution in [-0.4, -0.2) is 37.8 Å². The molecule has 1 amide bonds. The summed E-state index contributed by atoms with van der Waals surface area (Å²) in [5, 5.41) is 3.26. The number of nitrogens with one attached hydrogen (secondary N) is 1. The summed E-state index contributed by atoms with van der Waals surface area (Å²) in [6.07, 6.45) is -0.735. The van der Waals surface area contributed by atoms with E-state index in [1.54, 1.807) is 32.4 Å². The number of para-hydroxylation sites is 2. The number of benzene rings is 2. The number of anilines is 1. The molecule has 2 heterocycles. The van der Waals surface area contributed by atoms with Gasteiger partial charge in [-0.3, -0.25) is 10.1 Å². The van der Waals surface area contributed by atoms with E-state index in [1.165, 1.54) is 11.3 Å². The minimum Gasteiger partial charge on any atom is -0.493 e. The highest BCUT2D eigenvalue weighted by molar-refractivity contribution is 7.22. The molecule has 1 aliphatic heterocycles. The Kier molecular flexibility index (Phi) is 4.26. The number of fused-ring (bicyclic) bond motifs is 2. The van der Waals surface area contributed by atoms with Crippen LogP contribution in [0.3, 0.4) is 0 Å². The van der Waals surface area contributed by atoms with E-state index < -0.39 is 6.10 Å². The lowest BCUT2D eigenvalue weighted by Crippen LogP contribution is -2.40. The number of carbonyl (C=O) groups excluding carboxylic acids is 1. The molecule has 8 heteroatoms.